The molecule has 0 aromatic heterocycles. The van der Waals surface area contributed by atoms with Crippen LogP contribution in [0.3, 0.4) is 0 Å². The number of nitrogens with zero attached hydrogens (tertiary/aromatic N) is 1. The summed E-state index contributed by atoms with van der Waals surface area (Å²) in [7, 11) is 3.09. The van der Waals surface area contributed by atoms with Gasteiger partial charge in [0.05, 0.1) is 31.8 Å². The van der Waals surface area contributed by atoms with Gasteiger partial charge in [0, 0.05) is 17.8 Å². The van der Waals surface area contributed by atoms with E-state index in [2.05, 4.69) is 6.07 Å². The number of benzene rings is 4. The number of carbonyl (C=O) groups is 1. The van der Waals surface area contributed by atoms with Gasteiger partial charge in [-0.15, -0.1) is 0 Å². The standard InChI is InChI=1S/C33H29NO6/c1-38-26-12-5-3-10-24(26)28-30(32(35)36)29(25-11-4-6-13-27(25)39-2)31(28)33(37)40-23-9-7-8-22(18-23)21-16-14-20(19-34)15-17-21/h3-18,28-32,35-36H,1-2H3. The topological polar surface area (TPSA) is 109 Å². The zero-order valence-electron chi connectivity index (χ0n) is 22.1. The molecule has 1 fully saturated rings. The van der Waals surface area contributed by atoms with Crippen LogP contribution >= 0.6 is 0 Å². The second-order valence-electron chi connectivity index (χ2n) is 9.69. The Morgan fingerprint density at radius 3 is 1.88 bits per heavy atom. The molecule has 7 heteroatoms. The van der Waals surface area contributed by atoms with Gasteiger partial charge >= 0.3 is 5.97 Å². The van der Waals surface area contributed by atoms with Gasteiger partial charge in [0.15, 0.2) is 6.29 Å². The molecule has 2 N–H and O–H groups in total. The van der Waals surface area contributed by atoms with Gasteiger partial charge in [-0.25, -0.2) is 0 Å². The molecule has 4 aromatic carbocycles. The fraction of sp³-hybridized carbons (Fsp3) is 0.212. The molecule has 4 aromatic rings. The number of hydrogen-bond donors (Lipinski definition) is 2. The summed E-state index contributed by atoms with van der Waals surface area (Å²) in [5.74, 6) is -1.67. The molecular formula is C33H29NO6. The van der Waals surface area contributed by atoms with Crippen LogP contribution in [-0.4, -0.2) is 36.7 Å². The molecule has 5 rings (SSSR count). The van der Waals surface area contributed by atoms with Gasteiger partial charge in [-0.05, 0) is 58.7 Å². The molecule has 0 bridgehead atoms. The summed E-state index contributed by atoms with van der Waals surface area (Å²) in [4.78, 5) is 14.0. The second kappa shape index (κ2) is 11.6. The van der Waals surface area contributed by atoms with Crippen LogP contribution in [0.2, 0.25) is 0 Å². The highest BCUT2D eigenvalue weighted by Gasteiger charge is 2.59. The van der Waals surface area contributed by atoms with Gasteiger partial charge in [-0.2, -0.15) is 5.26 Å². The number of carbonyl (C=O) groups excluding carboxylic acids is 1. The lowest BCUT2D eigenvalue weighted by Gasteiger charge is -2.52. The predicted molar refractivity (Wildman–Crippen MR) is 149 cm³/mol. The fourth-order valence-electron chi connectivity index (χ4n) is 5.79. The van der Waals surface area contributed by atoms with Crippen molar-refractivity contribution in [2.24, 2.45) is 11.8 Å². The quantitative estimate of drug-likeness (QED) is 0.180. The average molecular weight is 536 g/mol. The van der Waals surface area contributed by atoms with E-state index in [9.17, 15) is 15.0 Å². The maximum atomic E-state index is 14.0. The summed E-state index contributed by atoms with van der Waals surface area (Å²) in [6.45, 7) is 0. The molecule has 202 valence electrons. The van der Waals surface area contributed by atoms with Crippen LogP contribution in [0.25, 0.3) is 11.1 Å². The van der Waals surface area contributed by atoms with Crippen molar-refractivity contribution in [3.05, 3.63) is 114 Å². The van der Waals surface area contributed by atoms with Gasteiger partial charge < -0.3 is 24.4 Å². The number of methoxy groups -OCH3 is 2. The third-order valence-electron chi connectivity index (χ3n) is 7.62. The van der Waals surface area contributed by atoms with Crippen LogP contribution in [0.1, 0.15) is 28.5 Å². The minimum atomic E-state index is -1.70. The largest absolute Gasteiger partial charge is 0.496 e. The van der Waals surface area contributed by atoms with E-state index >= 15 is 0 Å². The number of nitriles is 1. The molecule has 1 aliphatic carbocycles. The molecule has 1 saturated carbocycles. The lowest BCUT2D eigenvalue weighted by Crippen LogP contribution is -2.53. The van der Waals surface area contributed by atoms with Crippen molar-refractivity contribution in [1.29, 1.82) is 5.26 Å². The Morgan fingerprint density at radius 1 is 0.775 bits per heavy atom. The summed E-state index contributed by atoms with van der Waals surface area (Å²) in [5, 5.41) is 30.2. The molecule has 0 saturated heterocycles. The minimum Gasteiger partial charge on any atom is -0.496 e. The first-order valence-electron chi connectivity index (χ1n) is 12.9. The fourth-order valence-corrected chi connectivity index (χ4v) is 5.79. The van der Waals surface area contributed by atoms with Gasteiger partial charge in [-0.3, -0.25) is 4.79 Å². The Bertz CT molecular complexity index is 1490. The Balaban J connectivity index is 1.53. The zero-order chi connectivity index (χ0) is 28.2. The van der Waals surface area contributed by atoms with Crippen molar-refractivity contribution in [2.75, 3.05) is 14.2 Å². The number of aliphatic hydroxyl groups excluding tert-OH is 1. The number of esters is 1. The van der Waals surface area contributed by atoms with Gasteiger partial charge in [0.25, 0.3) is 0 Å². The summed E-state index contributed by atoms with van der Waals surface area (Å²) in [6.07, 6.45) is -1.70. The number of ether oxygens (including phenoxy) is 3. The molecule has 7 nitrogen and oxygen atoms in total. The van der Waals surface area contributed by atoms with Crippen molar-refractivity contribution in [1.82, 2.24) is 0 Å². The number of para-hydroxylation sites is 2. The molecular weight excluding hydrogens is 506 g/mol. The number of rotatable bonds is 8. The number of hydrogen-bond acceptors (Lipinski definition) is 7. The van der Waals surface area contributed by atoms with E-state index in [0.29, 0.717) is 33.9 Å². The molecule has 0 heterocycles. The van der Waals surface area contributed by atoms with Gasteiger partial charge in [0.1, 0.15) is 17.2 Å². The average Bonchev–Trinajstić information content (AvgIpc) is 2.97. The SMILES string of the molecule is COc1ccccc1C1C(C(=O)Oc2cccc(-c3ccc(C#N)cc3)c2)C(c2ccccc2OC)C1C(O)O. The van der Waals surface area contributed by atoms with E-state index in [1.165, 1.54) is 0 Å². The molecule has 1 aliphatic rings. The molecule has 2 atom stereocenters. The van der Waals surface area contributed by atoms with Crippen molar-refractivity contribution < 1.29 is 29.2 Å². The Morgan fingerprint density at radius 2 is 1.35 bits per heavy atom. The van der Waals surface area contributed by atoms with Gasteiger partial charge in [0.2, 0.25) is 0 Å². The van der Waals surface area contributed by atoms with Crippen LogP contribution in [0.5, 0.6) is 17.2 Å². The molecule has 40 heavy (non-hydrogen) atoms. The minimum absolute atomic E-state index is 0.359. The first-order chi connectivity index (χ1) is 19.5. The van der Waals surface area contributed by atoms with Crippen molar-refractivity contribution >= 4 is 5.97 Å². The molecule has 0 radical (unpaired) electrons. The summed E-state index contributed by atoms with van der Waals surface area (Å²) >= 11 is 0. The van der Waals surface area contributed by atoms with E-state index in [1.807, 2.05) is 54.6 Å². The third-order valence-corrected chi connectivity index (χ3v) is 7.62. The highest BCUT2D eigenvalue weighted by molar-refractivity contribution is 5.81. The van der Waals surface area contributed by atoms with Crippen LogP contribution in [0.15, 0.2) is 97.1 Å². The van der Waals surface area contributed by atoms with Crippen LogP contribution in [0, 0.1) is 23.2 Å². The van der Waals surface area contributed by atoms with Crippen molar-refractivity contribution in [3.63, 3.8) is 0 Å². The highest BCUT2D eigenvalue weighted by Crippen LogP contribution is 2.61. The Labute approximate surface area is 232 Å². The van der Waals surface area contributed by atoms with Crippen molar-refractivity contribution in [3.8, 4) is 34.4 Å². The van der Waals surface area contributed by atoms with E-state index < -0.39 is 35.9 Å². The van der Waals surface area contributed by atoms with E-state index in [-0.39, 0.29) is 0 Å². The Kier molecular flexibility index (Phi) is 7.83. The molecule has 2 unspecified atom stereocenters. The van der Waals surface area contributed by atoms with E-state index in [1.54, 1.807) is 56.7 Å². The predicted octanol–water partition coefficient (Wildman–Crippen LogP) is 5.27. The summed E-state index contributed by atoms with van der Waals surface area (Å²) in [6, 6.07) is 31.0. The monoisotopic (exact) mass is 535 g/mol. The maximum absolute atomic E-state index is 14.0. The smallest absolute Gasteiger partial charge is 0.315 e. The molecule has 0 amide bonds. The maximum Gasteiger partial charge on any atom is 0.315 e. The van der Waals surface area contributed by atoms with Crippen molar-refractivity contribution in [2.45, 2.75) is 18.1 Å². The Hall–Kier alpha value is -4.64. The zero-order valence-corrected chi connectivity index (χ0v) is 22.1. The van der Waals surface area contributed by atoms with E-state index in [4.69, 9.17) is 19.5 Å². The van der Waals surface area contributed by atoms with E-state index in [0.717, 1.165) is 11.1 Å². The molecule has 0 aliphatic heterocycles. The highest BCUT2D eigenvalue weighted by atomic mass is 16.5. The first kappa shape index (κ1) is 26.9. The number of aliphatic hydroxyl groups is 2. The lowest BCUT2D eigenvalue weighted by atomic mass is 9.52. The summed E-state index contributed by atoms with van der Waals surface area (Å²) in [5.41, 5.74) is 3.66. The second-order valence-corrected chi connectivity index (χ2v) is 9.69. The van der Waals surface area contributed by atoms with Crippen LogP contribution < -0.4 is 14.2 Å². The molecule has 0 spiro atoms. The normalized spacial score (nSPS) is 19.8. The first-order valence-corrected chi connectivity index (χ1v) is 12.9. The van der Waals surface area contributed by atoms with Crippen LogP contribution in [0.4, 0.5) is 0 Å². The third kappa shape index (κ3) is 5.03. The summed E-state index contributed by atoms with van der Waals surface area (Å²) < 4.78 is 17.1. The van der Waals surface area contributed by atoms with Gasteiger partial charge in [-0.1, -0.05) is 60.7 Å². The lowest BCUT2D eigenvalue weighted by molar-refractivity contribution is -0.168. The van der Waals surface area contributed by atoms with Crippen LogP contribution in [-0.2, 0) is 4.79 Å².